The van der Waals surface area contributed by atoms with Gasteiger partial charge in [-0.2, -0.15) is 4.80 Å². The van der Waals surface area contributed by atoms with E-state index in [9.17, 15) is 14.4 Å². The molecule has 0 aliphatic carbocycles. The van der Waals surface area contributed by atoms with Crippen molar-refractivity contribution in [2.24, 2.45) is 18.2 Å². The summed E-state index contributed by atoms with van der Waals surface area (Å²) in [6.45, 7) is 10.0. The summed E-state index contributed by atoms with van der Waals surface area (Å²) in [5.74, 6) is 0.352. The van der Waals surface area contributed by atoms with Gasteiger partial charge in [0.2, 0.25) is 0 Å². The third kappa shape index (κ3) is 5.16. The van der Waals surface area contributed by atoms with Crippen LogP contribution in [0.4, 0.5) is 4.79 Å². The summed E-state index contributed by atoms with van der Waals surface area (Å²) in [5, 5.41) is 15.1. The number of nitrogens with one attached hydrogen (secondary N) is 1. The number of para-hydroxylation sites is 1. The molecule has 1 amide bonds. The van der Waals surface area contributed by atoms with Crippen molar-refractivity contribution in [1.82, 2.24) is 34.7 Å². The molecule has 0 fully saturated rings. The van der Waals surface area contributed by atoms with Gasteiger partial charge < -0.3 is 15.8 Å². The van der Waals surface area contributed by atoms with Crippen LogP contribution in [-0.4, -0.2) is 54.0 Å². The Labute approximate surface area is 197 Å². The van der Waals surface area contributed by atoms with Gasteiger partial charge in [0.15, 0.2) is 5.82 Å². The van der Waals surface area contributed by atoms with Gasteiger partial charge in [-0.25, -0.2) is 14.2 Å². The van der Waals surface area contributed by atoms with Crippen LogP contribution < -0.4 is 16.7 Å². The minimum atomic E-state index is -0.839. The van der Waals surface area contributed by atoms with E-state index >= 15 is 0 Å². The molecule has 0 bridgehead atoms. The minimum absolute atomic E-state index is 0.0156. The lowest BCUT2D eigenvalue weighted by Gasteiger charge is -2.28. The molecule has 34 heavy (non-hydrogen) atoms. The zero-order valence-electron chi connectivity index (χ0n) is 20.4. The zero-order chi connectivity index (χ0) is 25.3. The van der Waals surface area contributed by atoms with Gasteiger partial charge in [0.1, 0.15) is 6.61 Å². The molecule has 0 aliphatic heterocycles. The van der Waals surface area contributed by atoms with Crippen LogP contribution in [0.15, 0.2) is 23.0 Å². The Hall–Kier alpha value is -3.54. The van der Waals surface area contributed by atoms with E-state index < -0.39 is 28.7 Å². The molecule has 2 unspecified atom stereocenters. The Kier molecular flexibility index (Phi) is 6.92. The van der Waals surface area contributed by atoms with Crippen LogP contribution >= 0.6 is 0 Å². The molecule has 184 valence electrons. The second-order valence-electron chi connectivity index (χ2n) is 9.91. The summed E-state index contributed by atoms with van der Waals surface area (Å²) in [6, 6.07) is 4.22. The number of rotatable bonds is 8. The number of hydrogen-bond donors (Lipinski definition) is 2. The van der Waals surface area contributed by atoms with Gasteiger partial charge in [0.05, 0.1) is 24.1 Å². The summed E-state index contributed by atoms with van der Waals surface area (Å²) in [7, 11) is 1.64. The highest BCUT2D eigenvalue weighted by Crippen LogP contribution is 2.30. The number of ether oxygens (including phenoxy) is 1. The minimum Gasteiger partial charge on any atom is -0.466 e. The number of benzene rings is 1. The highest BCUT2D eigenvalue weighted by Gasteiger charge is 2.33. The predicted octanol–water partition coefficient (Wildman–Crippen LogP) is 1.26. The van der Waals surface area contributed by atoms with Gasteiger partial charge in [-0.05, 0) is 42.5 Å². The maximum Gasteiger partial charge on any atom is 0.337 e. The number of amides is 1. The van der Waals surface area contributed by atoms with Crippen molar-refractivity contribution >= 4 is 23.5 Å². The topological polar surface area (TPSA) is 152 Å². The van der Waals surface area contributed by atoms with Crippen LogP contribution in [0.2, 0.25) is 0 Å². The summed E-state index contributed by atoms with van der Waals surface area (Å²) in [5.41, 5.74) is 6.40. The van der Waals surface area contributed by atoms with E-state index in [2.05, 4.69) is 20.7 Å². The molecule has 3 N–H and O–H groups in total. The molecular formula is C22H32N8O4. The molecule has 3 aromatic rings. The maximum absolute atomic E-state index is 13.5. The maximum atomic E-state index is 13.5. The highest BCUT2D eigenvalue weighted by molar-refractivity contribution is 5.91. The molecule has 1 aromatic carbocycles. The molecule has 0 saturated heterocycles. The number of tetrazole rings is 1. The molecule has 12 nitrogen and oxygen atoms in total. The summed E-state index contributed by atoms with van der Waals surface area (Å²) in [6.07, 6.45) is 0.351. The van der Waals surface area contributed by atoms with Crippen LogP contribution in [0.3, 0.4) is 0 Å². The zero-order valence-corrected chi connectivity index (χ0v) is 20.4. The number of nitrogens with two attached hydrogens (primary N) is 1. The number of carbonyl (C=O) groups is 2. The lowest BCUT2D eigenvalue weighted by atomic mass is 9.86. The van der Waals surface area contributed by atoms with Crippen molar-refractivity contribution in [2.75, 3.05) is 6.61 Å². The second kappa shape index (κ2) is 9.37. The van der Waals surface area contributed by atoms with E-state index in [0.717, 1.165) is 10.1 Å². The number of aryl methyl sites for hydroxylation is 3. The van der Waals surface area contributed by atoms with Crippen LogP contribution in [0.5, 0.6) is 0 Å². The van der Waals surface area contributed by atoms with Gasteiger partial charge in [-0.3, -0.25) is 9.36 Å². The lowest BCUT2D eigenvalue weighted by molar-refractivity contribution is -0.130. The van der Waals surface area contributed by atoms with Crippen molar-refractivity contribution in [2.45, 2.75) is 59.2 Å². The number of fused-ring (bicyclic) bond motifs is 1. The lowest BCUT2D eigenvalue weighted by Crippen LogP contribution is -2.44. The first-order valence-electron chi connectivity index (χ1n) is 11.0. The fraction of sp³-hybridized carbons (Fsp3) is 0.545. The van der Waals surface area contributed by atoms with Gasteiger partial charge in [-0.15, -0.1) is 10.2 Å². The van der Waals surface area contributed by atoms with E-state index in [0.29, 0.717) is 29.8 Å². The Morgan fingerprint density at radius 3 is 2.59 bits per heavy atom. The Bertz CT molecular complexity index is 1250. The molecule has 2 aromatic heterocycles. The number of hydrogen-bond acceptors (Lipinski definition) is 8. The number of aromatic nitrogens is 6. The average Bonchev–Trinajstić information content (AvgIpc) is 3.29. The average molecular weight is 473 g/mol. The third-order valence-corrected chi connectivity index (χ3v) is 5.66. The van der Waals surface area contributed by atoms with Crippen molar-refractivity contribution in [1.29, 1.82) is 0 Å². The Morgan fingerprint density at radius 1 is 1.29 bits per heavy atom. The first-order chi connectivity index (χ1) is 15.9. The van der Waals surface area contributed by atoms with Gasteiger partial charge >= 0.3 is 11.7 Å². The van der Waals surface area contributed by atoms with E-state index in [1.165, 1.54) is 9.36 Å². The van der Waals surface area contributed by atoms with E-state index in [1.54, 1.807) is 26.1 Å². The highest BCUT2D eigenvalue weighted by atomic mass is 16.5. The Balaban J connectivity index is 2.01. The molecule has 12 heteroatoms. The quantitative estimate of drug-likeness (QED) is 0.465. The molecule has 0 aliphatic rings. The van der Waals surface area contributed by atoms with E-state index in [4.69, 9.17) is 10.5 Å². The van der Waals surface area contributed by atoms with E-state index in [1.807, 2.05) is 33.8 Å². The number of carbonyl (C=O) groups excluding carboxylic acids is 2. The third-order valence-electron chi connectivity index (χ3n) is 5.66. The normalized spacial score (nSPS) is 14.6. The van der Waals surface area contributed by atoms with Crippen LogP contribution in [0, 0.1) is 12.3 Å². The summed E-state index contributed by atoms with van der Waals surface area (Å²) in [4.78, 5) is 38.8. The van der Waals surface area contributed by atoms with Crippen LogP contribution in [0.1, 0.15) is 51.5 Å². The number of nitrogens with zero attached hydrogens (tertiary/aromatic N) is 6. The van der Waals surface area contributed by atoms with Gasteiger partial charge in [0, 0.05) is 12.1 Å². The van der Waals surface area contributed by atoms with Crippen molar-refractivity contribution < 1.29 is 14.3 Å². The smallest absolute Gasteiger partial charge is 0.337 e. The first kappa shape index (κ1) is 25.1. The fourth-order valence-corrected chi connectivity index (χ4v) is 3.83. The largest absolute Gasteiger partial charge is 0.466 e. The molecule has 0 radical (unpaired) electrons. The van der Waals surface area contributed by atoms with E-state index in [-0.39, 0.29) is 13.2 Å². The second-order valence-corrected chi connectivity index (χ2v) is 9.91. The van der Waals surface area contributed by atoms with Crippen molar-refractivity contribution in [3.05, 3.63) is 40.1 Å². The molecule has 3 rings (SSSR count). The monoisotopic (exact) mass is 472 g/mol. The Morgan fingerprint density at radius 2 is 2.00 bits per heavy atom. The fourth-order valence-electron chi connectivity index (χ4n) is 3.83. The summed E-state index contributed by atoms with van der Waals surface area (Å²) < 4.78 is 7.46. The standard InChI is InChI=1S/C22H32N8O4/c1-14-8-7-9-15-16(14)29(11-10-22(5,23)12-34-13-31)20(33)30(15)19(32)24-17(21(2,3)4)18-25-27-28(6)26-18/h7-9,13,17H,10-12,23H2,1-6H3,(H,24,32). The molecule has 2 atom stereocenters. The molecule has 2 heterocycles. The van der Waals surface area contributed by atoms with Crippen LogP contribution in [-0.2, 0) is 23.1 Å². The predicted molar refractivity (Wildman–Crippen MR) is 125 cm³/mol. The first-order valence-corrected chi connectivity index (χ1v) is 11.0. The van der Waals surface area contributed by atoms with Gasteiger partial charge in [0.25, 0.3) is 6.47 Å². The van der Waals surface area contributed by atoms with Crippen molar-refractivity contribution in [3.8, 4) is 0 Å². The molecule has 0 spiro atoms. The summed E-state index contributed by atoms with van der Waals surface area (Å²) >= 11 is 0. The SMILES string of the molecule is Cc1cccc2c1n(CCC(C)(N)COC=O)c(=O)n2C(=O)NC(c1nnn(C)n1)C(C)(C)C. The van der Waals surface area contributed by atoms with Crippen LogP contribution in [0.25, 0.3) is 11.0 Å². The number of imidazole rings is 1. The molecule has 0 saturated carbocycles. The molecular weight excluding hydrogens is 440 g/mol. The van der Waals surface area contributed by atoms with Crippen molar-refractivity contribution in [3.63, 3.8) is 0 Å². The van der Waals surface area contributed by atoms with Gasteiger partial charge in [-0.1, -0.05) is 32.9 Å².